The molecule has 0 fully saturated rings. The third-order valence-corrected chi connectivity index (χ3v) is 2.82. The van der Waals surface area contributed by atoms with Gasteiger partial charge in [-0.1, -0.05) is 13.3 Å². The Hall–Kier alpha value is -0.900. The van der Waals surface area contributed by atoms with Crippen molar-refractivity contribution in [1.29, 1.82) is 0 Å². The summed E-state index contributed by atoms with van der Waals surface area (Å²) in [6.45, 7) is 2.14. The second-order valence-electron chi connectivity index (χ2n) is 2.96. The number of furan rings is 1. The number of carbonyl (C=O) groups is 1. The van der Waals surface area contributed by atoms with Crippen molar-refractivity contribution in [2.45, 2.75) is 25.5 Å². The van der Waals surface area contributed by atoms with E-state index in [0.717, 1.165) is 11.5 Å². The number of carboxylic acids is 1. The predicted octanol–water partition coefficient (Wildman–Crippen LogP) is 1.68. The molecular weight excluding hydrogens is 200 g/mol. The van der Waals surface area contributed by atoms with Crippen LogP contribution in [-0.4, -0.2) is 11.7 Å². The Bertz CT molecular complexity index is 293. The smallest absolute Gasteiger partial charge is 0.149 e. The van der Waals surface area contributed by atoms with Crippen molar-refractivity contribution >= 4 is 17.7 Å². The first-order chi connectivity index (χ1) is 6.74. The van der Waals surface area contributed by atoms with E-state index in [4.69, 9.17) is 4.42 Å². The standard InChI is InChI=1S/C10H14O3S/c1-2-3-6-14-7-8-4-5-9(13-8)10(11)12/h4-5H,2-3,6-7H2,1H3,(H,11,12)/p-1. The largest absolute Gasteiger partial charge is 0.542 e. The SMILES string of the molecule is CCCCSCc1ccc(C(=O)[O-])o1. The first kappa shape index (κ1) is 11.2. The van der Waals surface area contributed by atoms with Gasteiger partial charge < -0.3 is 14.3 Å². The number of aromatic carboxylic acids is 1. The van der Waals surface area contributed by atoms with Crippen molar-refractivity contribution in [3.63, 3.8) is 0 Å². The van der Waals surface area contributed by atoms with Gasteiger partial charge >= 0.3 is 0 Å². The minimum atomic E-state index is -1.25. The highest BCUT2D eigenvalue weighted by molar-refractivity contribution is 7.98. The van der Waals surface area contributed by atoms with Crippen LogP contribution in [0.25, 0.3) is 0 Å². The summed E-state index contributed by atoms with van der Waals surface area (Å²) >= 11 is 1.75. The highest BCUT2D eigenvalue weighted by Gasteiger charge is 2.02. The van der Waals surface area contributed by atoms with Gasteiger partial charge in [0.05, 0.1) is 5.75 Å². The van der Waals surface area contributed by atoms with E-state index in [9.17, 15) is 9.90 Å². The Morgan fingerprint density at radius 3 is 2.93 bits per heavy atom. The number of unbranched alkanes of at least 4 members (excludes halogenated alkanes) is 1. The fraction of sp³-hybridized carbons (Fsp3) is 0.500. The van der Waals surface area contributed by atoms with E-state index < -0.39 is 5.97 Å². The molecule has 1 heterocycles. The molecule has 4 heteroatoms. The molecule has 1 rings (SSSR count). The molecule has 0 atom stereocenters. The fourth-order valence-corrected chi connectivity index (χ4v) is 1.98. The van der Waals surface area contributed by atoms with Crippen LogP contribution < -0.4 is 5.11 Å². The Morgan fingerprint density at radius 2 is 2.36 bits per heavy atom. The zero-order valence-corrected chi connectivity index (χ0v) is 8.93. The first-order valence-electron chi connectivity index (χ1n) is 4.62. The van der Waals surface area contributed by atoms with Gasteiger partial charge in [0.15, 0.2) is 0 Å². The van der Waals surface area contributed by atoms with Gasteiger partial charge in [-0.2, -0.15) is 11.8 Å². The van der Waals surface area contributed by atoms with Gasteiger partial charge in [0.25, 0.3) is 0 Å². The van der Waals surface area contributed by atoms with Crippen LogP contribution in [0.2, 0.25) is 0 Å². The Labute approximate surface area is 87.5 Å². The maximum Gasteiger partial charge on any atom is 0.149 e. The molecule has 0 unspecified atom stereocenters. The molecule has 0 N–H and O–H groups in total. The number of rotatable bonds is 6. The number of carbonyl (C=O) groups excluding carboxylic acids is 1. The van der Waals surface area contributed by atoms with Gasteiger partial charge in [-0.15, -0.1) is 0 Å². The Kier molecular flexibility index (Phi) is 4.59. The van der Waals surface area contributed by atoms with Gasteiger partial charge in [0.1, 0.15) is 17.5 Å². The van der Waals surface area contributed by atoms with Crippen LogP contribution in [-0.2, 0) is 5.75 Å². The molecule has 0 aliphatic heterocycles. The number of hydrogen-bond acceptors (Lipinski definition) is 4. The first-order valence-corrected chi connectivity index (χ1v) is 5.77. The van der Waals surface area contributed by atoms with E-state index in [2.05, 4.69) is 6.92 Å². The zero-order valence-electron chi connectivity index (χ0n) is 8.12. The molecule has 0 radical (unpaired) electrons. The number of thioether (sulfide) groups is 1. The van der Waals surface area contributed by atoms with Crippen molar-refractivity contribution in [2.24, 2.45) is 0 Å². The molecule has 0 saturated heterocycles. The normalized spacial score (nSPS) is 10.4. The van der Waals surface area contributed by atoms with Crippen molar-refractivity contribution in [1.82, 2.24) is 0 Å². The van der Waals surface area contributed by atoms with E-state index in [-0.39, 0.29) is 5.76 Å². The lowest BCUT2D eigenvalue weighted by Gasteiger charge is -1.98. The lowest BCUT2D eigenvalue weighted by Crippen LogP contribution is -2.21. The molecule has 78 valence electrons. The Morgan fingerprint density at radius 1 is 1.57 bits per heavy atom. The molecule has 0 bridgehead atoms. The lowest BCUT2D eigenvalue weighted by molar-refractivity contribution is -0.257. The third-order valence-electron chi connectivity index (χ3n) is 1.75. The van der Waals surface area contributed by atoms with Crippen molar-refractivity contribution < 1.29 is 14.3 Å². The quantitative estimate of drug-likeness (QED) is 0.674. The second-order valence-corrected chi connectivity index (χ2v) is 4.06. The second kappa shape index (κ2) is 5.75. The zero-order chi connectivity index (χ0) is 10.4. The fourth-order valence-electron chi connectivity index (χ4n) is 0.984. The molecule has 1 aromatic rings. The van der Waals surface area contributed by atoms with Gasteiger partial charge in [0.2, 0.25) is 0 Å². The Balaban J connectivity index is 2.33. The van der Waals surface area contributed by atoms with Gasteiger partial charge in [-0.3, -0.25) is 0 Å². The third kappa shape index (κ3) is 3.46. The average molecular weight is 213 g/mol. The van der Waals surface area contributed by atoms with Crippen LogP contribution in [0.4, 0.5) is 0 Å². The van der Waals surface area contributed by atoms with Crippen LogP contribution in [0.3, 0.4) is 0 Å². The van der Waals surface area contributed by atoms with Crippen LogP contribution >= 0.6 is 11.8 Å². The number of carboxylic acid groups (broad SMARTS) is 1. The van der Waals surface area contributed by atoms with E-state index in [1.54, 1.807) is 17.8 Å². The van der Waals surface area contributed by atoms with Gasteiger partial charge in [-0.25, -0.2) is 0 Å². The van der Waals surface area contributed by atoms with Gasteiger partial charge in [-0.05, 0) is 24.3 Å². The topological polar surface area (TPSA) is 53.3 Å². The summed E-state index contributed by atoms with van der Waals surface area (Å²) in [5, 5.41) is 10.4. The molecule has 0 saturated carbocycles. The molecule has 0 aliphatic carbocycles. The van der Waals surface area contributed by atoms with Crippen LogP contribution in [0.15, 0.2) is 16.5 Å². The summed E-state index contributed by atoms with van der Waals surface area (Å²) in [5.41, 5.74) is 0. The number of hydrogen-bond donors (Lipinski definition) is 0. The molecular formula is C10H13O3S-. The molecule has 0 aromatic carbocycles. The predicted molar refractivity (Wildman–Crippen MR) is 54.1 cm³/mol. The van der Waals surface area contributed by atoms with Crippen LogP contribution in [0, 0.1) is 0 Å². The molecule has 0 aliphatic rings. The average Bonchev–Trinajstić information content (AvgIpc) is 2.61. The minimum absolute atomic E-state index is 0.0870. The van der Waals surface area contributed by atoms with E-state index in [1.165, 1.54) is 18.9 Å². The van der Waals surface area contributed by atoms with Gasteiger partial charge in [0, 0.05) is 0 Å². The maximum atomic E-state index is 10.4. The molecule has 0 spiro atoms. The molecule has 3 nitrogen and oxygen atoms in total. The minimum Gasteiger partial charge on any atom is -0.542 e. The highest BCUT2D eigenvalue weighted by atomic mass is 32.2. The summed E-state index contributed by atoms with van der Waals surface area (Å²) in [6.07, 6.45) is 2.36. The van der Waals surface area contributed by atoms with Crippen molar-refractivity contribution in [2.75, 3.05) is 5.75 Å². The summed E-state index contributed by atoms with van der Waals surface area (Å²) < 4.78 is 5.04. The summed E-state index contributed by atoms with van der Waals surface area (Å²) in [6, 6.07) is 3.12. The van der Waals surface area contributed by atoms with E-state index in [1.807, 2.05) is 0 Å². The molecule has 14 heavy (non-hydrogen) atoms. The van der Waals surface area contributed by atoms with E-state index >= 15 is 0 Å². The summed E-state index contributed by atoms with van der Waals surface area (Å²) in [4.78, 5) is 10.4. The van der Waals surface area contributed by atoms with Crippen LogP contribution in [0.1, 0.15) is 36.1 Å². The maximum absolute atomic E-state index is 10.4. The van der Waals surface area contributed by atoms with Crippen molar-refractivity contribution in [3.05, 3.63) is 23.7 Å². The summed E-state index contributed by atoms with van der Waals surface area (Å²) in [7, 11) is 0. The molecule has 1 aromatic heterocycles. The highest BCUT2D eigenvalue weighted by Crippen LogP contribution is 2.16. The molecule has 0 amide bonds. The van der Waals surface area contributed by atoms with Crippen LogP contribution in [0.5, 0.6) is 0 Å². The van der Waals surface area contributed by atoms with E-state index in [0.29, 0.717) is 5.76 Å². The van der Waals surface area contributed by atoms with Crippen molar-refractivity contribution in [3.8, 4) is 0 Å². The monoisotopic (exact) mass is 213 g/mol. The summed E-state index contributed by atoms with van der Waals surface area (Å²) in [5.74, 6) is 1.17. The lowest BCUT2D eigenvalue weighted by atomic mass is 10.4.